The molecule has 3 N–H and O–H groups in total. The van der Waals surface area contributed by atoms with Gasteiger partial charge in [0.15, 0.2) is 0 Å². The van der Waals surface area contributed by atoms with Gasteiger partial charge in [-0.25, -0.2) is 0 Å². The van der Waals surface area contributed by atoms with Gasteiger partial charge in [0.05, 0.1) is 0 Å². The average molecular weight is 345 g/mol. The third-order valence-electron chi connectivity index (χ3n) is 3.78. The number of rotatable bonds is 5. The minimum atomic E-state index is -0.513. The van der Waals surface area contributed by atoms with Crippen molar-refractivity contribution >= 4 is 27.5 Å². The van der Waals surface area contributed by atoms with Crippen LogP contribution in [-0.2, 0) is 4.79 Å². The third kappa shape index (κ3) is 3.10. The first-order chi connectivity index (χ1) is 10.2. The molecular formula is C17H17BrN2O. The number of nitrogens with one attached hydrogen (secondary N) is 1. The van der Waals surface area contributed by atoms with Crippen LogP contribution < -0.4 is 11.1 Å². The van der Waals surface area contributed by atoms with Gasteiger partial charge in [-0.1, -0.05) is 36.4 Å². The van der Waals surface area contributed by atoms with Crippen LogP contribution in [0, 0.1) is 0 Å². The Hall–Kier alpha value is -1.81. The normalized spacial score (nSPS) is 15.5. The van der Waals surface area contributed by atoms with Crippen LogP contribution >= 0.6 is 15.9 Å². The van der Waals surface area contributed by atoms with E-state index in [4.69, 9.17) is 5.73 Å². The molecule has 0 aliphatic heterocycles. The molecule has 0 heterocycles. The van der Waals surface area contributed by atoms with Crippen molar-refractivity contribution in [2.45, 2.75) is 24.8 Å². The van der Waals surface area contributed by atoms with Crippen LogP contribution in [0.5, 0.6) is 0 Å². The Kier molecular flexibility index (Phi) is 3.97. The summed E-state index contributed by atoms with van der Waals surface area (Å²) in [5.41, 5.74) is 8.73. The van der Waals surface area contributed by atoms with Gasteiger partial charge in [0.2, 0.25) is 5.91 Å². The number of benzene rings is 2. The lowest BCUT2D eigenvalue weighted by Crippen LogP contribution is -2.28. The minimum Gasteiger partial charge on any atom is -0.369 e. The average Bonchev–Trinajstić information content (AvgIpc) is 3.31. The van der Waals surface area contributed by atoms with Crippen molar-refractivity contribution in [2.75, 3.05) is 5.32 Å². The number of anilines is 1. The van der Waals surface area contributed by atoms with E-state index in [2.05, 4.69) is 27.3 Å². The lowest BCUT2D eigenvalue weighted by Gasteiger charge is -2.21. The molecule has 1 fully saturated rings. The first kappa shape index (κ1) is 14.1. The summed E-state index contributed by atoms with van der Waals surface area (Å²) in [6.07, 6.45) is 2.38. The molecule has 108 valence electrons. The fraction of sp³-hybridized carbons (Fsp3) is 0.235. The Labute approximate surface area is 132 Å². The van der Waals surface area contributed by atoms with Crippen LogP contribution in [-0.4, -0.2) is 5.91 Å². The fourth-order valence-electron chi connectivity index (χ4n) is 2.58. The zero-order chi connectivity index (χ0) is 14.8. The SMILES string of the molecule is NC(=O)C(Nc1ccccc1Br)c1ccccc1C1CC1. The second kappa shape index (κ2) is 5.90. The van der Waals surface area contributed by atoms with Crippen LogP contribution in [0.1, 0.15) is 35.9 Å². The molecule has 1 aliphatic rings. The van der Waals surface area contributed by atoms with Crippen molar-refractivity contribution in [1.29, 1.82) is 0 Å². The first-order valence-electron chi connectivity index (χ1n) is 7.06. The van der Waals surface area contributed by atoms with Crippen molar-refractivity contribution < 1.29 is 4.79 Å². The predicted octanol–water partition coefficient (Wildman–Crippen LogP) is 3.97. The van der Waals surface area contributed by atoms with Crippen molar-refractivity contribution in [3.05, 3.63) is 64.1 Å². The molecule has 0 bridgehead atoms. The number of carbonyl (C=O) groups is 1. The van der Waals surface area contributed by atoms with Crippen LogP contribution in [0.15, 0.2) is 53.0 Å². The summed E-state index contributed by atoms with van der Waals surface area (Å²) in [5.74, 6) is 0.211. The van der Waals surface area contributed by atoms with Gasteiger partial charge in [-0.3, -0.25) is 4.79 Å². The third-order valence-corrected chi connectivity index (χ3v) is 4.47. The summed E-state index contributed by atoms with van der Waals surface area (Å²) in [7, 11) is 0. The fourth-order valence-corrected chi connectivity index (χ4v) is 2.98. The molecular weight excluding hydrogens is 328 g/mol. The van der Waals surface area contributed by atoms with Gasteiger partial charge in [-0.05, 0) is 57.9 Å². The van der Waals surface area contributed by atoms with Gasteiger partial charge in [-0.15, -0.1) is 0 Å². The van der Waals surface area contributed by atoms with Gasteiger partial charge in [0.1, 0.15) is 6.04 Å². The number of carbonyl (C=O) groups excluding carboxylic acids is 1. The molecule has 1 amide bonds. The van der Waals surface area contributed by atoms with E-state index in [9.17, 15) is 4.79 Å². The Balaban J connectivity index is 1.96. The lowest BCUT2D eigenvalue weighted by atomic mass is 9.96. The molecule has 0 radical (unpaired) electrons. The van der Waals surface area contributed by atoms with Crippen molar-refractivity contribution in [1.82, 2.24) is 0 Å². The summed E-state index contributed by atoms with van der Waals surface area (Å²) in [6.45, 7) is 0. The Bertz CT molecular complexity index is 667. The number of amides is 1. The number of primary amides is 1. The molecule has 21 heavy (non-hydrogen) atoms. The van der Waals surface area contributed by atoms with Gasteiger partial charge < -0.3 is 11.1 Å². The molecule has 2 aromatic carbocycles. The highest BCUT2D eigenvalue weighted by molar-refractivity contribution is 9.10. The van der Waals surface area contributed by atoms with Crippen LogP contribution in [0.2, 0.25) is 0 Å². The number of halogens is 1. The van der Waals surface area contributed by atoms with E-state index < -0.39 is 6.04 Å². The number of hydrogen-bond acceptors (Lipinski definition) is 2. The van der Waals surface area contributed by atoms with E-state index in [1.165, 1.54) is 18.4 Å². The summed E-state index contributed by atoms with van der Waals surface area (Å²) < 4.78 is 0.917. The highest BCUT2D eigenvalue weighted by atomic mass is 79.9. The summed E-state index contributed by atoms with van der Waals surface area (Å²) in [6, 6.07) is 15.3. The van der Waals surface area contributed by atoms with Gasteiger partial charge in [0.25, 0.3) is 0 Å². The molecule has 1 unspecified atom stereocenters. The van der Waals surface area contributed by atoms with E-state index in [1.807, 2.05) is 42.5 Å². The van der Waals surface area contributed by atoms with Crippen molar-refractivity contribution in [3.8, 4) is 0 Å². The number of hydrogen-bond donors (Lipinski definition) is 2. The van der Waals surface area contributed by atoms with Crippen LogP contribution in [0.3, 0.4) is 0 Å². The van der Waals surface area contributed by atoms with E-state index in [0.717, 1.165) is 15.7 Å². The molecule has 2 aromatic rings. The minimum absolute atomic E-state index is 0.362. The molecule has 0 saturated heterocycles. The first-order valence-corrected chi connectivity index (χ1v) is 7.85. The second-order valence-corrected chi connectivity index (χ2v) is 6.22. The second-order valence-electron chi connectivity index (χ2n) is 5.36. The molecule has 1 saturated carbocycles. The summed E-state index contributed by atoms with van der Waals surface area (Å²) in [5, 5.41) is 3.26. The van der Waals surface area contributed by atoms with Crippen LogP contribution in [0.4, 0.5) is 5.69 Å². The molecule has 1 atom stereocenters. The summed E-state index contributed by atoms with van der Waals surface area (Å²) >= 11 is 3.49. The van der Waals surface area contributed by atoms with E-state index in [0.29, 0.717) is 5.92 Å². The van der Waals surface area contributed by atoms with Crippen molar-refractivity contribution in [3.63, 3.8) is 0 Å². The molecule has 4 heteroatoms. The summed E-state index contributed by atoms with van der Waals surface area (Å²) in [4.78, 5) is 12.0. The zero-order valence-corrected chi connectivity index (χ0v) is 13.1. The maximum atomic E-state index is 12.0. The topological polar surface area (TPSA) is 55.1 Å². The van der Waals surface area contributed by atoms with Gasteiger partial charge in [-0.2, -0.15) is 0 Å². The maximum absolute atomic E-state index is 12.0. The standard InChI is InChI=1S/C17H17BrN2O/c18-14-7-3-4-8-15(14)20-16(17(19)21)13-6-2-1-5-12(13)11-9-10-11/h1-8,11,16,20H,9-10H2,(H2,19,21). The number of nitrogens with two attached hydrogens (primary N) is 1. The Morgan fingerprint density at radius 1 is 1.14 bits per heavy atom. The molecule has 0 spiro atoms. The van der Waals surface area contributed by atoms with Crippen LogP contribution in [0.25, 0.3) is 0 Å². The van der Waals surface area contributed by atoms with Gasteiger partial charge >= 0.3 is 0 Å². The predicted molar refractivity (Wildman–Crippen MR) is 88.1 cm³/mol. The van der Waals surface area contributed by atoms with E-state index in [1.54, 1.807) is 0 Å². The highest BCUT2D eigenvalue weighted by Gasteiger charge is 2.30. The smallest absolute Gasteiger partial charge is 0.244 e. The van der Waals surface area contributed by atoms with E-state index >= 15 is 0 Å². The monoisotopic (exact) mass is 344 g/mol. The largest absolute Gasteiger partial charge is 0.369 e. The molecule has 3 nitrogen and oxygen atoms in total. The molecule has 1 aliphatic carbocycles. The lowest BCUT2D eigenvalue weighted by molar-refractivity contribution is -0.118. The number of para-hydroxylation sites is 1. The molecule has 0 aromatic heterocycles. The van der Waals surface area contributed by atoms with E-state index in [-0.39, 0.29) is 5.91 Å². The Morgan fingerprint density at radius 2 is 1.81 bits per heavy atom. The highest BCUT2D eigenvalue weighted by Crippen LogP contribution is 2.43. The van der Waals surface area contributed by atoms with Crippen molar-refractivity contribution in [2.24, 2.45) is 5.73 Å². The quantitative estimate of drug-likeness (QED) is 0.862. The van der Waals surface area contributed by atoms with Gasteiger partial charge in [0, 0.05) is 10.2 Å². The molecule has 3 rings (SSSR count). The Morgan fingerprint density at radius 3 is 2.48 bits per heavy atom. The maximum Gasteiger partial charge on any atom is 0.244 e. The zero-order valence-electron chi connectivity index (χ0n) is 11.6.